The third-order valence-electron chi connectivity index (χ3n) is 2.71. The standard InChI is InChI=1S/C13H16N2OS/c1-8-5-11(9(2)17-8)12(16)6-10-3-4-15-13(14)7-10/h3-5,7,12,16H,6H2,1-2H3,(H2,14,15). The number of nitrogens with two attached hydrogens (primary N) is 1. The first-order valence-corrected chi connectivity index (χ1v) is 6.33. The van der Waals surface area contributed by atoms with E-state index in [0.29, 0.717) is 12.2 Å². The quantitative estimate of drug-likeness (QED) is 0.877. The molecule has 4 heteroatoms. The fourth-order valence-electron chi connectivity index (χ4n) is 1.94. The van der Waals surface area contributed by atoms with Crippen LogP contribution in [0.1, 0.15) is 27.0 Å². The summed E-state index contributed by atoms with van der Waals surface area (Å²) in [5.41, 5.74) is 7.64. The van der Waals surface area contributed by atoms with Gasteiger partial charge in [-0.2, -0.15) is 0 Å². The molecule has 90 valence electrons. The minimum Gasteiger partial charge on any atom is -0.388 e. The summed E-state index contributed by atoms with van der Waals surface area (Å²) < 4.78 is 0. The second kappa shape index (κ2) is 4.85. The molecule has 0 saturated heterocycles. The number of rotatable bonds is 3. The van der Waals surface area contributed by atoms with E-state index < -0.39 is 6.10 Å². The van der Waals surface area contributed by atoms with E-state index in [2.05, 4.69) is 18.0 Å². The van der Waals surface area contributed by atoms with Crippen molar-refractivity contribution in [3.05, 3.63) is 45.3 Å². The topological polar surface area (TPSA) is 59.1 Å². The van der Waals surface area contributed by atoms with Gasteiger partial charge in [0.05, 0.1) is 6.10 Å². The summed E-state index contributed by atoms with van der Waals surface area (Å²) in [4.78, 5) is 6.35. The molecule has 2 rings (SSSR count). The van der Waals surface area contributed by atoms with Crippen LogP contribution in [0.15, 0.2) is 24.4 Å². The Balaban J connectivity index is 2.16. The van der Waals surface area contributed by atoms with Gasteiger partial charge in [0, 0.05) is 22.4 Å². The first kappa shape index (κ1) is 12.1. The molecular weight excluding hydrogens is 232 g/mol. The van der Waals surface area contributed by atoms with E-state index >= 15 is 0 Å². The molecule has 2 aromatic heterocycles. The van der Waals surface area contributed by atoms with Crippen molar-refractivity contribution in [1.29, 1.82) is 0 Å². The van der Waals surface area contributed by atoms with Crippen molar-refractivity contribution in [1.82, 2.24) is 4.98 Å². The number of pyridine rings is 1. The highest BCUT2D eigenvalue weighted by Crippen LogP contribution is 2.28. The SMILES string of the molecule is Cc1cc(C(O)Cc2ccnc(N)c2)c(C)s1. The van der Waals surface area contributed by atoms with E-state index in [1.165, 1.54) is 9.75 Å². The van der Waals surface area contributed by atoms with Gasteiger partial charge in [0.1, 0.15) is 5.82 Å². The van der Waals surface area contributed by atoms with Gasteiger partial charge in [-0.1, -0.05) is 0 Å². The molecule has 2 heterocycles. The van der Waals surface area contributed by atoms with Gasteiger partial charge in [-0.3, -0.25) is 0 Å². The van der Waals surface area contributed by atoms with Crippen LogP contribution in [0, 0.1) is 13.8 Å². The number of aromatic nitrogens is 1. The molecule has 3 nitrogen and oxygen atoms in total. The average Bonchev–Trinajstić information content (AvgIpc) is 2.58. The molecule has 2 aromatic rings. The summed E-state index contributed by atoms with van der Waals surface area (Å²) in [6.07, 6.45) is 1.77. The minimum atomic E-state index is -0.471. The van der Waals surface area contributed by atoms with Crippen LogP contribution in [-0.2, 0) is 6.42 Å². The number of anilines is 1. The summed E-state index contributed by atoms with van der Waals surface area (Å²) >= 11 is 1.71. The summed E-state index contributed by atoms with van der Waals surface area (Å²) in [6, 6.07) is 5.74. The van der Waals surface area contributed by atoms with Crippen LogP contribution in [0.5, 0.6) is 0 Å². The maximum atomic E-state index is 10.2. The highest BCUT2D eigenvalue weighted by molar-refractivity contribution is 7.12. The molecule has 0 spiro atoms. The highest BCUT2D eigenvalue weighted by atomic mass is 32.1. The second-order valence-corrected chi connectivity index (χ2v) is 5.64. The predicted molar refractivity (Wildman–Crippen MR) is 71.1 cm³/mol. The molecule has 17 heavy (non-hydrogen) atoms. The van der Waals surface area contributed by atoms with Crippen LogP contribution in [0.25, 0.3) is 0 Å². The van der Waals surface area contributed by atoms with Crippen molar-refractivity contribution in [2.75, 3.05) is 5.73 Å². The van der Waals surface area contributed by atoms with Gasteiger partial charge in [-0.25, -0.2) is 4.98 Å². The van der Waals surface area contributed by atoms with E-state index in [1.807, 2.05) is 13.0 Å². The Labute approximate surface area is 105 Å². The molecule has 1 atom stereocenters. The Bertz CT molecular complexity index is 522. The monoisotopic (exact) mass is 248 g/mol. The number of hydrogen-bond acceptors (Lipinski definition) is 4. The lowest BCUT2D eigenvalue weighted by atomic mass is 10.0. The van der Waals surface area contributed by atoms with Crippen molar-refractivity contribution in [2.45, 2.75) is 26.4 Å². The van der Waals surface area contributed by atoms with Crippen LogP contribution in [0.4, 0.5) is 5.82 Å². The van der Waals surface area contributed by atoms with E-state index in [0.717, 1.165) is 11.1 Å². The van der Waals surface area contributed by atoms with Gasteiger partial charge < -0.3 is 10.8 Å². The number of aryl methyl sites for hydroxylation is 2. The molecule has 0 aliphatic carbocycles. The van der Waals surface area contributed by atoms with Gasteiger partial charge in [0.25, 0.3) is 0 Å². The van der Waals surface area contributed by atoms with Crippen molar-refractivity contribution < 1.29 is 5.11 Å². The molecule has 3 N–H and O–H groups in total. The molecule has 0 radical (unpaired) electrons. The molecular formula is C13H16N2OS. The Kier molecular flexibility index (Phi) is 3.45. The van der Waals surface area contributed by atoms with Crippen LogP contribution in [0.3, 0.4) is 0 Å². The normalized spacial score (nSPS) is 12.6. The Morgan fingerprint density at radius 1 is 1.41 bits per heavy atom. The van der Waals surface area contributed by atoms with Gasteiger partial charge in [-0.15, -0.1) is 11.3 Å². The molecule has 0 amide bonds. The Morgan fingerprint density at radius 3 is 2.76 bits per heavy atom. The van der Waals surface area contributed by atoms with Crippen LogP contribution in [0.2, 0.25) is 0 Å². The summed E-state index contributed by atoms with van der Waals surface area (Å²) in [5.74, 6) is 0.493. The number of nitrogens with zero attached hydrogens (tertiary/aromatic N) is 1. The van der Waals surface area contributed by atoms with Gasteiger partial charge in [0.15, 0.2) is 0 Å². The second-order valence-electron chi connectivity index (χ2n) is 4.18. The van der Waals surface area contributed by atoms with Crippen molar-refractivity contribution in [2.24, 2.45) is 0 Å². The average molecular weight is 248 g/mol. The van der Waals surface area contributed by atoms with Crippen molar-refractivity contribution in [3.63, 3.8) is 0 Å². The highest BCUT2D eigenvalue weighted by Gasteiger charge is 2.13. The first-order valence-electron chi connectivity index (χ1n) is 5.51. The van der Waals surface area contributed by atoms with Crippen LogP contribution < -0.4 is 5.73 Å². The Hall–Kier alpha value is -1.39. The Morgan fingerprint density at radius 2 is 2.18 bits per heavy atom. The van der Waals surface area contributed by atoms with Gasteiger partial charge in [-0.05, 0) is 43.2 Å². The maximum Gasteiger partial charge on any atom is 0.123 e. The van der Waals surface area contributed by atoms with E-state index in [9.17, 15) is 5.11 Å². The molecule has 0 aliphatic heterocycles. The fourth-order valence-corrected chi connectivity index (χ4v) is 2.92. The lowest BCUT2D eigenvalue weighted by molar-refractivity contribution is 0.178. The third-order valence-corrected chi connectivity index (χ3v) is 3.69. The van der Waals surface area contributed by atoms with Crippen molar-refractivity contribution in [3.8, 4) is 0 Å². The lowest BCUT2D eigenvalue weighted by Crippen LogP contribution is -2.03. The number of aliphatic hydroxyl groups is 1. The number of thiophene rings is 1. The first-order chi connectivity index (χ1) is 8.06. The zero-order chi connectivity index (χ0) is 12.4. The number of aliphatic hydroxyl groups excluding tert-OH is 1. The smallest absolute Gasteiger partial charge is 0.123 e. The maximum absolute atomic E-state index is 10.2. The third kappa shape index (κ3) is 2.84. The molecule has 0 saturated carbocycles. The molecule has 0 bridgehead atoms. The van der Waals surface area contributed by atoms with Crippen LogP contribution >= 0.6 is 11.3 Å². The molecule has 1 unspecified atom stereocenters. The van der Waals surface area contributed by atoms with E-state index in [4.69, 9.17) is 5.73 Å². The summed E-state index contributed by atoms with van der Waals surface area (Å²) in [5, 5.41) is 10.2. The lowest BCUT2D eigenvalue weighted by Gasteiger charge is -2.10. The summed E-state index contributed by atoms with van der Waals surface area (Å²) in [7, 11) is 0. The largest absolute Gasteiger partial charge is 0.388 e. The zero-order valence-corrected chi connectivity index (χ0v) is 10.8. The van der Waals surface area contributed by atoms with Crippen molar-refractivity contribution >= 4 is 17.2 Å². The fraction of sp³-hybridized carbons (Fsp3) is 0.308. The molecule has 0 aliphatic rings. The minimum absolute atomic E-state index is 0.471. The predicted octanol–water partition coefficient (Wildman–Crippen LogP) is 2.62. The van der Waals surface area contributed by atoms with Crippen LogP contribution in [-0.4, -0.2) is 10.1 Å². The molecule has 0 fully saturated rings. The van der Waals surface area contributed by atoms with Gasteiger partial charge >= 0.3 is 0 Å². The van der Waals surface area contributed by atoms with E-state index in [1.54, 1.807) is 23.6 Å². The number of nitrogen functional groups attached to an aromatic ring is 1. The summed E-state index contributed by atoms with van der Waals surface area (Å²) in [6.45, 7) is 4.09. The zero-order valence-electron chi connectivity index (χ0n) is 9.97. The van der Waals surface area contributed by atoms with E-state index in [-0.39, 0.29) is 0 Å². The molecule has 0 aromatic carbocycles. The number of hydrogen-bond donors (Lipinski definition) is 2. The van der Waals surface area contributed by atoms with Gasteiger partial charge in [0.2, 0.25) is 0 Å².